The van der Waals surface area contributed by atoms with Gasteiger partial charge < -0.3 is 20.3 Å². The van der Waals surface area contributed by atoms with Crippen molar-refractivity contribution in [3.05, 3.63) is 12.3 Å². The Kier molecular flexibility index (Phi) is 5.80. The highest BCUT2D eigenvalue weighted by molar-refractivity contribution is 7.91. The van der Waals surface area contributed by atoms with Gasteiger partial charge >= 0.3 is 6.09 Å². The quantitative estimate of drug-likeness (QED) is 0.777. The van der Waals surface area contributed by atoms with Gasteiger partial charge in [-0.05, 0) is 32.3 Å². The molecule has 0 aliphatic carbocycles. The number of hydrogen-bond acceptors (Lipinski definition) is 8. The average molecular weight is 383 g/mol. The largest absolute Gasteiger partial charge is 0.450 e. The van der Waals surface area contributed by atoms with Gasteiger partial charge in [-0.25, -0.2) is 18.2 Å². The number of rotatable bonds is 5. The number of ether oxygens (including phenoxy) is 1. The molecule has 2 saturated heterocycles. The number of aromatic nitrogens is 2. The Balaban J connectivity index is 1.51. The zero-order chi connectivity index (χ0) is 18.6. The first-order valence-electron chi connectivity index (χ1n) is 8.93. The maximum absolute atomic E-state index is 11.7. The molecular formula is C16H25N5O4S. The van der Waals surface area contributed by atoms with Crippen molar-refractivity contribution < 1.29 is 17.9 Å². The predicted octanol–water partition coefficient (Wildman–Crippen LogP) is 1.11. The minimum absolute atomic E-state index is 0.101. The Bertz CT molecular complexity index is 734. The molecule has 1 aromatic heterocycles. The minimum Gasteiger partial charge on any atom is -0.450 e. The first kappa shape index (κ1) is 18.7. The molecule has 144 valence electrons. The van der Waals surface area contributed by atoms with E-state index in [1.807, 2.05) is 0 Å². The van der Waals surface area contributed by atoms with Crippen molar-refractivity contribution in [3.8, 4) is 0 Å². The summed E-state index contributed by atoms with van der Waals surface area (Å²) >= 11 is 0. The van der Waals surface area contributed by atoms with Crippen LogP contribution in [0.5, 0.6) is 0 Å². The van der Waals surface area contributed by atoms with Crippen LogP contribution >= 0.6 is 0 Å². The Morgan fingerprint density at radius 2 is 2.04 bits per heavy atom. The summed E-state index contributed by atoms with van der Waals surface area (Å²) in [5, 5.41) is 6.47. The average Bonchev–Trinajstić information content (AvgIpc) is 2.94. The molecular weight excluding hydrogens is 358 g/mol. The summed E-state index contributed by atoms with van der Waals surface area (Å²) in [6.45, 7) is 3.45. The van der Waals surface area contributed by atoms with Gasteiger partial charge in [-0.1, -0.05) is 0 Å². The normalized spacial score (nSPS) is 22.8. The van der Waals surface area contributed by atoms with E-state index in [4.69, 9.17) is 4.74 Å². The highest BCUT2D eigenvalue weighted by Gasteiger charge is 2.28. The van der Waals surface area contributed by atoms with Crippen molar-refractivity contribution in [2.45, 2.75) is 38.3 Å². The van der Waals surface area contributed by atoms with Gasteiger partial charge in [0.2, 0.25) is 5.95 Å². The molecule has 0 bridgehead atoms. The number of amides is 1. The van der Waals surface area contributed by atoms with Crippen LogP contribution in [0.2, 0.25) is 0 Å². The summed E-state index contributed by atoms with van der Waals surface area (Å²) in [4.78, 5) is 22.1. The minimum atomic E-state index is -2.93. The number of nitrogens with zero attached hydrogens (tertiary/aromatic N) is 3. The van der Waals surface area contributed by atoms with Gasteiger partial charge in [-0.3, -0.25) is 0 Å². The van der Waals surface area contributed by atoms with E-state index in [1.54, 1.807) is 24.1 Å². The number of carbonyl (C=O) groups is 1. The topological polar surface area (TPSA) is 114 Å². The maximum Gasteiger partial charge on any atom is 0.409 e. The molecule has 0 saturated carbocycles. The number of anilines is 2. The van der Waals surface area contributed by atoms with Gasteiger partial charge in [0.1, 0.15) is 5.82 Å². The number of likely N-dealkylation sites (tertiary alicyclic amines) is 1. The van der Waals surface area contributed by atoms with Gasteiger partial charge in [0.05, 0.1) is 18.1 Å². The molecule has 1 unspecified atom stereocenters. The van der Waals surface area contributed by atoms with E-state index in [2.05, 4.69) is 20.6 Å². The third-order valence-electron chi connectivity index (χ3n) is 4.59. The Labute approximate surface area is 153 Å². The molecule has 9 nitrogen and oxygen atoms in total. The molecule has 0 aromatic carbocycles. The van der Waals surface area contributed by atoms with Crippen LogP contribution in [0.1, 0.15) is 26.2 Å². The van der Waals surface area contributed by atoms with Crippen LogP contribution < -0.4 is 10.6 Å². The highest BCUT2D eigenvalue weighted by atomic mass is 32.2. The van der Waals surface area contributed by atoms with E-state index in [-0.39, 0.29) is 29.7 Å². The van der Waals surface area contributed by atoms with Crippen molar-refractivity contribution in [2.24, 2.45) is 0 Å². The van der Waals surface area contributed by atoms with Gasteiger partial charge in [0.25, 0.3) is 0 Å². The first-order chi connectivity index (χ1) is 12.4. The first-order valence-corrected chi connectivity index (χ1v) is 10.8. The molecule has 0 radical (unpaired) electrons. The van der Waals surface area contributed by atoms with Gasteiger partial charge in [-0.15, -0.1) is 0 Å². The van der Waals surface area contributed by atoms with Crippen LogP contribution in [0.15, 0.2) is 12.3 Å². The molecule has 2 aliphatic rings. The molecule has 10 heteroatoms. The lowest BCUT2D eigenvalue weighted by molar-refractivity contribution is 0.0983. The molecule has 3 heterocycles. The summed E-state index contributed by atoms with van der Waals surface area (Å²) in [6, 6.07) is 1.82. The molecule has 1 atom stereocenters. The lowest BCUT2D eigenvalue weighted by Gasteiger charge is -2.31. The maximum atomic E-state index is 11.7. The lowest BCUT2D eigenvalue weighted by Crippen LogP contribution is -2.42. The molecule has 2 N–H and O–H groups in total. The van der Waals surface area contributed by atoms with Crippen molar-refractivity contribution in [3.63, 3.8) is 0 Å². The number of piperidine rings is 1. The summed E-state index contributed by atoms with van der Waals surface area (Å²) in [5.41, 5.74) is 0. The molecule has 0 spiro atoms. The van der Waals surface area contributed by atoms with Crippen LogP contribution in [-0.2, 0) is 14.6 Å². The Morgan fingerprint density at radius 3 is 2.69 bits per heavy atom. The highest BCUT2D eigenvalue weighted by Crippen LogP contribution is 2.18. The third-order valence-corrected chi connectivity index (χ3v) is 6.36. The van der Waals surface area contributed by atoms with E-state index < -0.39 is 9.84 Å². The second kappa shape index (κ2) is 8.07. The van der Waals surface area contributed by atoms with Crippen molar-refractivity contribution in [2.75, 3.05) is 41.8 Å². The number of sulfone groups is 1. The monoisotopic (exact) mass is 383 g/mol. The number of hydrogen-bond donors (Lipinski definition) is 2. The predicted molar refractivity (Wildman–Crippen MR) is 98.0 cm³/mol. The molecule has 3 rings (SSSR count). The second-order valence-corrected chi connectivity index (χ2v) is 8.84. The summed E-state index contributed by atoms with van der Waals surface area (Å²) in [7, 11) is -2.93. The molecule has 26 heavy (non-hydrogen) atoms. The smallest absolute Gasteiger partial charge is 0.409 e. The van der Waals surface area contributed by atoms with Crippen molar-refractivity contribution in [1.29, 1.82) is 0 Å². The van der Waals surface area contributed by atoms with Gasteiger partial charge in [-0.2, -0.15) is 4.98 Å². The zero-order valence-corrected chi connectivity index (χ0v) is 15.7. The van der Waals surface area contributed by atoms with Gasteiger partial charge in [0, 0.05) is 31.4 Å². The Hall–Kier alpha value is -2.10. The van der Waals surface area contributed by atoms with E-state index in [9.17, 15) is 13.2 Å². The fourth-order valence-electron chi connectivity index (χ4n) is 3.23. The molecule has 1 aromatic rings. The second-order valence-electron chi connectivity index (χ2n) is 6.61. The van der Waals surface area contributed by atoms with E-state index in [0.717, 1.165) is 12.8 Å². The van der Waals surface area contributed by atoms with Crippen molar-refractivity contribution in [1.82, 2.24) is 14.9 Å². The van der Waals surface area contributed by atoms with E-state index in [0.29, 0.717) is 37.9 Å². The van der Waals surface area contributed by atoms with Crippen LogP contribution in [0.25, 0.3) is 0 Å². The molecule has 2 aliphatic heterocycles. The van der Waals surface area contributed by atoms with Crippen LogP contribution in [0, 0.1) is 0 Å². The Morgan fingerprint density at radius 1 is 1.27 bits per heavy atom. The van der Waals surface area contributed by atoms with Crippen LogP contribution in [0.3, 0.4) is 0 Å². The van der Waals surface area contributed by atoms with Gasteiger partial charge in [0.15, 0.2) is 9.84 Å². The number of nitrogens with one attached hydrogen (secondary N) is 2. The summed E-state index contributed by atoms with van der Waals surface area (Å²) in [5.74, 6) is 1.49. The number of carbonyl (C=O) groups excluding carboxylic acids is 1. The fraction of sp³-hybridized carbons (Fsp3) is 0.688. The third kappa shape index (κ3) is 4.96. The zero-order valence-electron chi connectivity index (χ0n) is 14.8. The SMILES string of the molecule is CCOC(=O)N1CCC(Nc2nccc(NC3CCS(=O)(=O)C3)n2)CC1. The van der Waals surface area contributed by atoms with Crippen LogP contribution in [-0.4, -0.2) is 72.7 Å². The molecule has 2 fully saturated rings. The molecule has 1 amide bonds. The summed E-state index contributed by atoms with van der Waals surface area (Å²) < 4.78 is 28.1. The lowest BCUT2D eigenvalue weighted by atomic mass is 10.1. The standard InChI is InChI=1S/C16H25N5O4S/c1-2-25-16(22)21-8-4-12(5-9-21)19-15-17-7-3-14(20-15)18-13-6-10-26(23,24)11-13/h3,7,12-13H,2,4-6,8-11H2,1H3,(H2,17,18,19,20). The van der Waals surface area contributed by atoms with E-state index in [1.165, 1.54) is 0 Å². The van der Waals surface area contributed by atoms with E-state index >= 15 is 0 Å². The summed E-state index contributed by atoms with van der Waals surface area (Å²) in [6.07, 6.45) is 3.57. The fourth-order valence-corrected chi connectivity index (χ4v) is 4.90. The van der Waals surface area contributed by atoms with Crippen molar-refractivity contribution >= 4 is 27.7 Å². The van der Waals surface area contributed by atoms with Crippen LogP contribution in [0.4, 0.5) is 16.6 Å².